The van der Waals surface area contributed by atoms with E-state index in [4.69, 9.17) is 0 Å². The minimum Gasteiger partial charge on any atom is -0.355 e. The molecule has 2 nitrogen and oxygen atoms in total. The van der Waals surface area contributed by atoms with E-state index in [1.54, 1.807) is 0 Å². The van der Waals surface area contributed by atoms with Crippen molar-refractivity contribution in [2.24, 2.45) is 0 Å². The molecule has 9 aromatic rings. The van der Waals surface area contributed by atoms with Crippen LogP contribution in [0.2, 0.25) is 0 Å². The lowest BCUT2D eigenvalue weighted by Crippen LogP contribution is -2.38. The van der Waals surface area contributed by atoms with E-state index >= 15 is 0 Å². The quantitative estimate of drug-likeness (QED) is 0.175. The number of thiophene rings is 1. The zero-order valence-corrected chi connectivity index (χ0v) is 41.3. The van der Waals surface area contributed by atoms with E-state index < -0.39 is 0 Å². The molecule has 3 heterocycles. The predicted octanol–water partition coefficient (Wildman–Crippen LogP) is 15.5. The lowest BCUT2D eigenvalue weighted by atomic mass is 9.58. The average molecular weight is 865 g/mol. The van der Waals surface area contributed by atoms with E-state index in [-0.39, 0.29) is 27.1 Å². The van der Waals surface area contributed by atoms with Crippen LogP contribution in [-0.4, -0.2) is 11.8 Å². The summed E-state index contributed by atoms with van der Waals surface area (Å²) < 4.78 is 5.49. The lowest BCUT2D eigenvalue weighted by molar-refractivity contribution is 0.332. The van der Waals surface area contributed by atoms with Crippen molar-refractivity contribution in [3.63, 3.8) is 0 Å². The highest BCUT2D eigenvalue weighted by Crippen LogP contribution is 2.54. The Morgan fingerprint density at radius 2 is 1.25 bits per heavy atom. The van der Waals surface area contributed by atoms with Gasteiger partial charge in [0.05, 0.1) is 11.0 Å². The Hall–Kier alpha value is -5.58. The molecule has 324 valence electrons. The summed E-state index contributed by atoms with van der Waals surface area (Å²) in [6.07, 6.45) is 2.37. The second-order valence-corrected chi connectivity index (χ2v) is 24.8. The monoisotopic (exact) mass is 864 g/mol. The molecule has 1 N–H and O–H groups in total. The van der Waals surface area contributed by atoms with Crippen molar-refractivity contribution in [2.75, 3.05) is 5.32 Å². The molecule has 0 unspecified atom stereocenters. The lowest BCUT2D eigenvalue weighted by Gasteiger charge is -2.42. The molecule has 0 fully saturated rings. The van der Waals surface area contributed by atoms with E-state index in [2.05, 4.69) is 208 Å². The topological polar surface area (TPSA) is 17.0 Å². The van der Waals surface area contributed by atoms with Gasteiger partial charge >= 0.3 is 0 Å². The van der Waals surface area contributed by atoms with Crippen molar-refractivity contribution in [3.8, 4) is 27.9 Å². The molecule has 7 aromatic carbocycles. The van der Waals surface area contributed by atoms with Crippen LogP contribution in [0.15, 0.2) is 115 Å². The van der Waals surface area contributed by atoms with Crippen LogP contribution in [0.3, 0.4) is 0 Å². The van der Waals surface area contributed by atoms with Crippen LogP contribution in [0.4, 0.5) is 11.4 Å². The smallest absolute Gasteiger partial charge is 0.198 e. The van der Waals surface area contributed by atoms with Crippen LogP contribution in [0.25, 0.3) is 69.9 Å². The molecule has 0 bridgehead atoms. The fourth-order valence-electron chi connectivity index (χ4n) is 12.2. The molecule has 65 heavy (non-hydrogen) atoms. The SMILES string of the molecule is CC(C)(C)c1ccc(Nc2ccc(C(C)(C)C)cc2-c2c3c4c(c5cc6c(cc5n4-c4cc5c(cc4B3)-c3ccccc3C5(C)C)C(C)(C)CCC6(C)C)c3sc4ccccc4c23)cc1. The molecule has 0 saturated heterocycles. The summed E-state index contributed by atoms with van der Waals surface area (Å²) in [6, 6.07) is 45.2. The summed E-state index contributed by atoms with van der Waals surface area (Å²) >= 11 is 1.99. The first-order chi connectivity index (χ1) is 30.7. The van der Waals surface area contributed by atoms with Gasteiger partial charge in [0.15, 0.2) is 7.28 Å². The Kier molecular flexibility index (Phi) is 8.36. The Morgan fingerprint density at radius 3 is 1.97 bits per heavy atom. The molecule has 2 aliphatic carbocycles. The van der Waals surface area contributed by atoms with Gasteiger partial charge in [0.2, 0.25) is 0 Å². The van der Waals surface area contributed by atoms with E-state index in [1.165, 1.54) is 127 Å². The van der Waals surface area contributed by atoms with Crippen molar-refractivity contribution in [1.82, 2.24) is 4.57 Å². The van der Waals surface area contributed by atoms with E-state index in [0.717, 1.165) is 18.7 Å². The molecule has 12 rings (SSSR count). The molecule has 3 aliphatic rings. The number of hydrogen-bond donors (Lipinski definition) is 1. The van der Waals surface area contributed by atoms with Gasteiger partial charge in [-0.15, -0.1) is 11.3 Å². The van der Waals surface area contributed by atoms with Gasteiger partial charge in [0.25, 0.3) is 0 Å². The molecule has 1 aliphatic heterocycles. The summed E-state index contributed by atoms with van der Waals surface area (Å²) in [4.78, 5) is 0. The number of nitrogens with one attached hydrogen (secondary N) is 1. The Bertz CT molecular complexity index is 3520. The first kappa shape index (κ1) is 40.9. The molecule has 2 aromatic heterocycles. The number of rotatable bonds is 3. The molecule has 0 atom stereocenters. The standard InChI is InChI=1S/C61H61BN2S/c1-57(2,3)34-21-24-36(25-22-34)63-47-26-23-35(58(4,5)6)29-40(47)51-52-38-18-14-16-20-50(38)65-56(52)53-41-30-44-45(60(9,10)28-27-59(44,7)8)33-48(41)64-49-32-43-39(31-46(49)62-54(51)55(53)64)37-17-13-15-19-42(37)61(43,11)12/h13-26,29-33,62-63H,27-28H2,1-12H3. The molecule has 0 amide bonds. The van der Waals surface area contributed by atoms with Crippen molar-refractivity contribution in [2.45, 2.75) is 123 Å². The van der Waals surface area contributed by atoms with Gasteiger partial charge in [0, 0.05) is 59.0 Å². The van der Waals surface area contributed by atoms with Crippen LogP contribution in [0.5, 0.6) is 0 Å². The van der Waals surface area contributed by atoms with E-state index in [9.17, 15) is 0 Å². The van der Waals surface area contributed by atoms with Crippen LogP contribution in [0.1, 0.15) is 129 Å². The second kappa shape index (κ2) is 13.3. The van der Waals surface area contributed by atoms with Crippen LogP contribution < -0.4 is 16.2 Å². The predicted molar refractivity (Wildman–Crippen MR) is 285 cm³/mol. The fraction of sp³-hybridized carbons (Fsp3) is 0.311. The minimum atomic E-state index is -0.103. The first-order valence-corrected chi connectivity index (χ1v) is 24.8. The van der Waals surface area contributed by atoms with Crippen LogP contribution in [-0.2, 0) is 27.1 Å². The largest absolute Gasteiger partial charge is 0.355 e. The summed E-state index contributed by atoms with van der Waals surface area (Å²) in [5.41, 5.74) is 23.2. The maximum Gasteiger partial charge on any atom is 0.198 e. The Balaban J connectivity index is 1.25. The molecular weight excluding hydrogens is 804 g/mol. The zero-order valence-electron chi connectivity index (χ0n) is 40.4. The zero-order chi connectivity index (χ0) is 45.3. The van der Waals surface area contributed by atoms with Gasteiger partial charge in [-0.25, -0.2) is 0 Å². The highest BCUT2D eigenvalue weighted by Gasteiger charge is 2.41. The third-order valence-corrected chi connectivity index (χ3v) is 17.4. The van der Waals surface area contributed by atoms with Gasteiger partial charge in [-0.05, 0) is 139 Å². The van der Waals surface area contributed by atoms with E-state index in [1.807, 2.05) is 11.3 Å². The van der Waals surface area contributed by atoms with E-state index in [0.29, 0.717) is 0 Å². The summed E-state index contributed by atoms with van der Waals surface area (Å²) in [5.74, 6) is 0. The van der Waals surface area contributed by atoms with Gasteiger partial charge in [0.1, 0.15) is 0 Å². The molecule has 0 radical (unpaired) electrons. The number of benzene rings is 7. The third kappa shape index (κ3) is 5.84. The average Bonchev–Trinajstić information content (AvgIpc) is 3.88. The Morgan fingerprint density at radius 1 is 0.585 bits per heavy atom. The van der Waals surface area contributed by atoms with Crippen molar-refractivity contribution in [3.05, 3.63) is 149 Å². The molecular formula is C61H61BN2S. The fourth-order valence-corrected chi connectivity index (χ4v) is 13.4. The maximum atomic E-state index is 4.02. The highest BCUT2D eigenvalue weighted by molar-refractivity contribution is 7.27. The van der Waals surface area contributed by atoms with Gasteiger partial charge < -0.3 is 9.88 Å². The number of aromatic nitrogens is 1. The highest BCUT2D eigenvalue weighted by atomic mass is 32.1. The number of fused-ring (bicyclic) bond motifs is 13. The summed E-state index contributed by atoms with van der Waals surface area (Å²) in [6.45, 7) is 28.7. The Labute approximate surface area is 390 Å². The third-order valence-electron chi connectivity index (χ3n) is 16.2. The van der Waals surface area contributed by atoms with Crippen molar-refractivity contribution in [1.29, 1.82) is 0 Å². The molecule has 0 spiro atoms. The van der Waals surface area contributed by atoms with Crippen molar-refractivity contribution < 1.29 is 0 Å². The van der Waals surface area contributed by atoms with Crippen LogP contribution in [0, 0.1) is 0 Å². The maximum absolute atomic E-state index is 4.02. The van der Waals surface area contributed by atoms with Crippen LogP contribution >= 0.6 is 11.3 Å². The number of hydrogen-bond acceptors (Lipinski definition) is 2. The number of nitrogens with zero attached hydrogens (tertiary/aromatic N) is 1. The minimum absolute atomic E-state index is 0.0419. The molecule has 4 heteroatoms. The normalized spacial score (nSPS) is 16.7. The van der Waals surface area contributed by atoms with Gasteiger partial charge in [-0.3, -0.25) is 0 Å². The van der Waals surface area contributed by atoms with Crippen molar-refractivity contribution >= 4 is 82.9 Å². The van der Waals surface area contributed by atoms with Gasteiger partial charge in [-0.2, -0.15) is 0 Å². The number of anilines is 2. The summed E-state index contributed by atoms with van der Waals surface area (Å²) in [5, 5.41) is 9.56. The second-order valence-electron chi connectivity index (χ2n) is 23.7. The summed E-state index contributed by atoms with van der Waals surface area (Å²) in [7, 11) is 0.851. The first-order valence-electron chi connectivity index (χ1n) is 24.0. The molecule has 0 saturated carbocycles. The van der Waals surface area contributed by atoms with Gasteiger partial charge in [-0.1, -0.05) is 155 Å².